The number of hydrogen-bond donors (Lipinski definition) is 1. The maximum atomic E-state index is 12.8. The van der Waals surface area contributed by atoms with E-state index in [1.54, 1.807) is 7.11 Å². The lowest BCUT2D eigenvalue weighted by Gasteiger charge is -2.32. The topological polar surface area (TPSA) is 54.0 Å². The van der Waals surface area contributed by atoms with Gasteiger partial charge in [-0.1, -0.05) is 30.3 Å². The zero-order chi connectivity index (χ0) is 19.9. The molecule has 0 aromatic heterocycles. The van der Waals surface area contributed by atoms with Gasteiger partial charge in [0.05, 0.1) is 32.1 Å². The Balaban J connectivity index is 1.67. The third-order valence-corrected chi connectivity index (χ3v) is 5.17. The number of nitrogens with one attached hydrogen (secondary N) is 1. The average Bonchev–Trinajstić information content (AvgIpc) is 2.74. The van der Waals surface area contributed by atoms with Gasteiger partial charge in [-0.25, -0.2) is 0 Å². The van der Waals surface area contributed by atoms with Gasteiger partial charge in [0.2, 0.25) is 5.91 Å². The van der Waals surface area contributed by atoms with Gasteiger partial charge in [-0.3, -0.25) is 9.69 Å². The van der Waals surface area contributed by atoms with Crippen molar-refractivity contribution in [2.45, 2.75) is 19.5 Å². The Morgan fingerprint density at radius 2 is 1.86 bits per heavy atom. The summed E-state index contributed by atoms with van der Waals surface area (Å²) < 4.78 is 10.8. The fourth-order valence-electron chi connectivity index (χ4n) is 3.35. The van der Waals surface area contributed by atoms with Gasteiger partial charge < -0.3 is 19.7 Å². The molecule has 1 N–H and O–H groups in total. The Morgan fingerprint density at radius 3 is 2.61 bits per heavy atom. The van der Waals surface area contributed by atoms with Crippen LogP contribution in [0, 0.1) is 0 Å². The monoisotopic (exact) mass is 383 g/mol. The van der Waals surface area contributed by atoms with Crippen molar-refractivity contribution in [3.05, 3.63) is 54.1 Å². The zero-order valence-corrected chi connectivity index (χ0v) is 16.9. The molecule has 6 nitrogen and oxygen atoms in total. The molecule has 0 unspecified atom stereocenters. The van der Waals surface area contributed by atoms with Crippen molar-refractivity contribution >= 4 is 17.3 Å². The molecule has 150 valence electrons. The highest BCUT2D eigenvalue weighted by atomic mass is 16.5. The number of morpholine rings is 1. The van der Waals surface area contributed by atoms with Crippen molar-refractivity contribution < 1.29 is 14.3 Å². The molecule has 2 aromatic carbocycles. The van der Waals surface area contributed by atoms with Crippen LogP contribution in [-0.4, -0.2) is 57.3 Å². The maximum Gasteiger partial charge on any atom is 0.241 e. The van der Waals surface area contributed by atoms with Crippen molar-refractivity contribution in [1.29, 1.82) is 0 Å². The number of anilines is 2. The van der Waals surface area contributed by atoms with Crippen molar-refractivity contribution in [2.75, 3.05) is 50.7 Å². The van der Waals surface area contributed by atoms with E-state index in [1.807, 2.05) is 44.3 Å². The fraction of sp³-hybridized carbons (Fsp3) is 0.409. The highest BCUT2D eigenvalue weighted by Crippen LogP contribution is 2.25. The van der Waals surface area contributed by atoms with E-state index in [0.717, 1.165) is 26.3 Å². The second-order valence-electron chi connectivity index (χ2n) is 7.01. The molecule has 2 aromatic rings. The largest absolute Gasteiger partial charge is 0.495 e. The molecule has 1 aliphatic rings. The smallest absolute Gasteiger partial charge is 0.241 e. The number of ether oxygens (including phenoxy) is 2. The Hall–Kier alpha value is -2.57. The fourth-order valence-corrected chi connectivity index (χ4v) is 3.35. The molecule has 0 saturated carbocycles. The van der Waals surface area contributed by atoms with Crippen molar-refractivity contribution in [2.24, 2.45) is 0 Å². The number of hydrogen-bond acceptors (Lipinski definition) is 5. The first-order chi connectivity index (χ1) is 13.6. The predicted molar refractivity (Wildman–Crippen MR) is 112 cm³/mol. The van der Waals surface area contributed by atoms with Crippen LogP contribution in [0.25, 0.3) is 0 Å². The molecule has 1 fully saturated rings. The number of para-hydroxylation sites is 3. The molecule has 0 radical (unpaired) electrons. The van der Waals surface area contributed by atoms with Gasteiger partial charge in [0.15, 0.2) is 0 Å². The van der Waals surface area contributed by atoms with E-state index in [2.05, 4.69) is 33.3 Å². The van der Waals surface area contributed by atoms with Crippen molar-refractivity contribution in [3.63, 3.8) is 0 Å². The second kappa shape index (κ2) is 9.57. The van der Waals surface area contributed by atoms with Crippen LogP contribution < -0.4 is 15.0 Å². The molecule has 28 heavy (non-hydrogen) atoms. The first kappa shape index (κ1) is 20.2. The molecule has 1 aliphatic heterocycles. The number of methoxy groups -OCH3 is 1. The minimum Gasteiger partial charge on any atom is -0.495 e. The number of likely N-dealkylation sites (N-methyl/N-ethyl adjacent to an activating group) is 1. The van der Waals surface area contributed by atoms with Gasteiger partial charge in [0.1, 0.15) is 5.75 Å². The van der Waals surface area contributed by atoms with Crippen LogP contribution in [0.2, 0.25) is 0 Å². The summed E-state index contributed by atoms with van der Waals surface area (Å²) in [6.45, 7) is 5.90. The van der Waals surface area contributed by atoms with Crippen LogP contribution >= 0.6 is 0 Å². The number of carbonyl (C=O) groups excluding carboxylic acids is 1. The van der Waals surface area contributed by atoms with Gasteiger partial charge in [-0.15, -0.1) is 0 Å². The summed E-state index contributed by atoms with van der Waals surface area (Å²) in [5, 5.41) is 2.97. The van der Waals surface area contributed by atoms with E-state index < -0.39 is 0 Å². The highest BCUT2D eigenvalue weighted by molar-refractivity contribution is 5.95. The quantitative estimate of drug-likeness (QED) is 0.797. The zero-order valence-electron chi connectivity index (χ0n) is 16.9. The summed E-state index contributed by atoms with van der Waals surface area (Å²) in [5.41, 5.74) is 3.11. The number of carbonyl (C=O) groups is 1. The van der Waals surface area contributed by atoms with E-state index in [0.29, 0.717) is 18.0 Å². The van der Waals surface area contributed by atoms with Gasteiger partial charge in [-0.2, -0.15) is 0 Å². The van der Waals surface area contributed by atoms with Crippen LogP contribution in [0.4, 0.5) is 11.4 Å². The SMILES string of the molecule is COc1ccccc1NC(=O)[C@@H](C)N(C)Cc1ccccc1N1CCOCC1. The Morgan fingerprint density at radius 1 is 1.18 bits per heavy atom. The molecule has 3 rings (SSSR count). The van der Waals surface area contributed by atoms with Crippen LogP contribution in [0.1, 0.15) is 12.5 Å². The van der Waals surface area contributed by atoms with Gasteiger partial charge in [-0.05, 0) is 37.7 Å². The molecule has 0 bridgehead atoms. The molecule has 6 heteroatoms. The minimum absolute atomic E-state index is 0.0594. The third kappa shape index (κ3) is 4.82. The van der Waals surface area contributed by atoms with Crippen LogP contribution in [0.15, 0.2) is 48.5 Å². The number of benzene rings is 2. The van der Waals surface area contributed by atoms with E-state index >= 15 is 0 Å². The molecule has 1 atom stereocenters. The average molecular weight is 383 g/mol. The summed E-state index contributed by atoms with van der Waals surface area (Å²) in [4.78, 5) is 17.2. The predicted octanol–water partition coefficient (Wildman–Crippen LogP) is 2.99. The lowest BCUT2D eigenvalue weighted by atomic mass is 10.1. The van der Waals surface area contributed by atoms with Crippen molar-refractivity contribution in [3.8, 4) is 5.75 Å². The lowest BCUT2D eigenvalue weighted by Crippen LogP contribution is -2.40. The summed E-state index contributed by atoms with van der Waals surface area (Å²) in [7, 11) is 3.58. The van der Waals surface area contributed by atoms with Gasteiger partial charge >= 0.3 is 0 Å². The Bertz CT molecular complexity index is 790. The standard InChI is InChI=1S/C22H29N3O3/c1-17(22(26)23-19-9-5-7-11-21(19)27-3)24(2)16-18-8-4-6-10-20(18)25-12-14-28-15-13-25/h4-11,17H,12-16H2,1-3H3,(H,23,26)/t17-/m1/s1. The highest BCUT2D eigenvalue weighted by Gasteiger charge is 2.21. The van der Waals surface area contributed by atoms with E-state index in [9.17, 15) is 4.79 Å². The Labute approximate surface area is 167 Å². The van der Waals surface area contributed by atoms with Crippen LogP contribution in [-0.2, 0) is 16.1 Å². The van der Waals surface area contributed by atoms with Crippen molar-refractivity contribution in [1.82, 2.24) is 4.90 Å². The summed E-state index contributed by atoms with van der Waals surface area (Å²) in [6.07, 6.45) is 0. The first-order valence-electron chi connectivity index (χ1n) is 9.65. The van der Waals surface area contributed by atoms with Gasteiger partial charge in [0.25, 0.3) is 0 Å². The molecule has 1 amide bonds. The number of amides is 1. The molecular formula is C22H29N3O3. The summed E-state index contributed by atoms with van der Waals surface area (Å²) in [6, 6.07) is 15.5. The third-order valence-electron chi connectivity index (χ3n) is 5.17. The molecule has 0 aliphatic carbocycles. The van der Waals surface area contributed by atoms with Gasteiger partial charge in [0, 0.05) is 25.3 Å². The summed E-state index contributed by atoms with van der Waals surface area (Å²) in [5.74, 6) is 0.596. The minimum atomic E-state index is -0.289. The molecule has 0 spiro atoms. The molecule has 1 saturated heterocycles. The van der Waals surface area contributed by atoms with E-state index in [1.165, 1.54) is 11.3 Å². The number of rotatable bonds is 7. The summed E-state index contributed by atoms with van der Waals surface area (Å²) >= 11 is 0. The Kier molecular flexibility index (Phi) is 6.90. The van der Waals surface area contributed by atoms with Crippen LogP contribution in [0.3, 0.4) is 0 Å². The first-order valence-corrected chi connectivity index (χ1v) is 9.65. The molecule has 1 heterocycles. The maximum absolute atomic E-state index is 12.8. The number of nitrogens with zero attached hydrogens (tertiary/aromatic N) is 2. The lowest BCUT2D eigenvalue weighted by molar-refractivity contribution is -0.120. The van der Waals surface area contributed by atoms with E-state index in [-0.39, 0.29) is 11.9 Å². The van der Waals surface area contributed by atoms with E-state index in [4.69, 9.17) is 9.47 Å². The van der Waals surface area contributed by atoms with Crippen LogP contribution in [0.5, 0.6) is 5.75 Å². The molecular weight excluding hydrogens is 354 g/mol. The second-order valence-corrected chi connectivity index (χ2v) is 7.01. The normalized spacial score (nSPS) is 15.4.